The van der Waals surface area contributed by atoms with Gasteiger partial charge in [0.2, 0.25) is 0 Å². The van der Waals surface area contributed by atoms with Gasteiger partial charge in [0.1, 0.15) is 5.82 Å². The summed E-state index contributed by atoms with van der Waals surface area (Å²) in [4.78, 5) is 5.75. The number of halogens is 3. The number of rotatable bonds is 2. The van der Waals surface area contributed by atoms with Crippen molar-refractivity contribution in [3.05, 3.63) is 23.9 Å². The van der Waals surface area contributed by atoms with E-state index in [0.29, 0.717) is 18.9 Å². The molecule has 1 atom stereocenters. The van der Waals surface area contributed by atoms with Gasteiger partial charge in [-0.3, -0.25) is 0 Å². The molecule has 1 aliphatic heterocycles. The van der Waals surface area contributed by atoms with E-state index in [0.717, 1.165) is 5.56 Å². The van der Waals surface area contributed by atoms with Gasteiger partial charge in [-0.05, 0) is 24.1 Å². The van der Waals surface area contributed by atoms with E-state index in [9.17, 15) is 13.2 Å². The van der Waals surface area contributed by atoms with Gasteiger partial charge < -0.3 is 10.6 Å². The summed E-state index contributed by atoms with van der Waals surface area (Å²) < 4.78 is 37.6. The highest BCUT2D eigenvalue weighted by molar-refractivity contribution is 5.42. The Morgan fingerprint density at radius 3 is 2.82 bits per heavy atom. The van der Waals surface area contributed by atoms with Crippen LogP contribution in [-0.4, -0.2) is 24.2 Å². The third-order valence-electron chi connectivity index (χ3n) is 3.02. The van der Waals surface area contributed by atoms with Crippen molar-refractivity contribution in [1.82, 2.24) is 4.98 Å². The molecule has 0 aliphatic carbocycles. The zero-order valence-corrected chi connectivity index (χ0v) is 9.24. The second-order valence-electron chi connectivity index (χ2n) is 4.20. The van der Waals surface area contributed by atoms with E-state index in [1.165, 1.54) is 0 Å². The van der Waals surface area contributed by atoms with Gasteiger partial charge in [0.05, 0.1) is 5.92 Å². The van der Waals surface area contributed by atoms with Crippen LogP contribution in [0.15, 0.2) is 18.3 Å². The Kier molecular flexibility index (Phi) is 3.24. The van der Waals surface area contributed by atoms with Gasteiger partial charge in [-0.15, -0.1) is 0 Å². The maximum absolute atomic E-state index is 12.5. The highest BCUT2D eigenvalue weighted by Crippen LogP contribution is 2.34. The molecule has 6 heteroatoms. The second kappa shape index (κ2) is 4.52. The number of anilines is 1. The molecule has 0 spiro atoms. The van der Waals surface area contributed by atoms with Crippen LogP contribution in [-0.2, 0) is 6.54 Å². The summed E-state index contributed by atoms with van der Waals surface area (Å²) in [7, 11) is 0. The van der Waals surface area contributed by atoms with Crippen LogP contribution in [0.1, 0.15) is 12.0 Å². The molecule has 0 amide bonds. The Balaban J connectivity index is 2.09. The summed E-state index contributed by atoms with van der Waals surface area (Å²) in [6.07, 6.45) is -2.39. The van der Waals surface area contributed by atoms with Crippen LogP contribution in [0.5, 0.6) is 0 Å². The van der Waals surface area contributed by atoms with Crippen molar-refractivity contribution in [3.8, 4) is 0 Å². The van der Waals surface area contributed by atoms with Crippen molar-refractivity contribution < 1.29 is 13.2 Å². The number of pyridine rings is 1. The van der Waals surface area contributed by atoms with Crippen LogP contribution in [0, 0.1) is 5.92 Å². The number of aromatic nitrogens is 1. The zero-order valence-electron chi connectivity index (χ0n) is 9.24. The van der Waals surface area contributed by atoms with Crippen LogP contribution < -0.4 is 10.6 Å². The van der Waals surface area contributed by atoms with E-state index in [1.807, 2.05) is 0 Å². The minimum Gasteiger partial charge on any atom is -0.356 e. The summed E-state index contributed by atoms with van der Waals surface area (Å²) in [6.45, 7) is 0.752. The van der Waals surface area contributed by atoms with Crippen LogP contribution in [0.4, 0.5) is 19.0 Å². The molecular formula is C11H14F3N3. The predicted molar refractivity (Wildman–Crippen MR) is 58.5 cm³/mol. The smallest absolute Gasteiger partial charge is 0.356 e. The summed E-state index contributed by atoms with van der Waals surface area (Å²) >= 11 is 0. The molecule has 0 saturated carbocycles. The fraction of sp³-hybridized carbons (Fsp3) is 0.545. The van der Waals surface area contributed by atoms with Crippen molar-refractivity contribution >= 4 is 5.82 Å². The van der Waals surface area contributed by atoms with Crippen LogP contribution in [0.25, 0.3) is 0 Å². The molecule has 1 aliphatic rings. The van der Waals surface area contributed by atoms with Crippen molar-refractivity contribution in [2.24, 2.45) is 11.7 Å². The topological polar surface area (TPSA) is 42.1 Å². The first kappa shape index (κ1) is 12.2. The van der Waals surface area contributed by atoms with Gasteiger partial charge in [0, 0.05) is 25.8 Å². The molecule has 3 nitrogen and oxygen atoms in total. The standard InChI is InChI=1S/C11H14F3N3/c12-11(13,14)9-2-4-17(7-9)10-5-8(6-15)1-3-16-10/h1,3,5,9H,2,4,6-7,15H2. The molecule has 2 heterocycles. The molecule has 1 aromatic heterocycles. The van der Waals surface area contributed by atoms with Gasteiger partial charge in [0.15, 0.2) is 0 Å². The number of alkyl halides is 3. The van der Waals surface area contributed by atoms with Crippen molar-refractivity contribution in [1.29, 1.82) is 0 Å². The lowest BCUT2D eigenvalue weighted by Gasteiger charge is -2.19. The number of nitrogens with zero attached hydrogens (tertiary/aromatic N) is 2. The van der Waals surface area contributed by atoms with E-state index >= 15 is 0 Å². The quantitative estimate of drug-likeness (QED) is 0.865. The van der Waals surface area contributed by atoms with E-state index in [1.54, 1.807) is 23.2 Å². The first-order valence-electron chi connectivity index (χ1n) is 5.47. The molecule has 1 saturated heterocycles. The summed E-state index contributed by atoms with van der Waals surface area (Å²) in [5.74, 6) is -0.662. The van der Waals surface area contributed by atoms with Crippen LogP contribution in [0.2, 0.25) is 0 Å². The van der Waals surface area contributed by atoms with E-state index < -0.39 is 12.1 Å². The first-order valence-corrected chi connectivity index (χ1v) is 5.47. The average Bonchev–Trinajstić information content (AvgIpc) is 2.78. The maximum atomic E-state index is 12.5. The summed E-state index contributed by atoms with van der Waals surface area (Å²) in [5, 5.41) is 0. The van der Waals surface area contributed by atoms with Gasteiger partial charge in [-0.2, -0.15) is 13.2 Å². The largest absolute Gasteiger partial charge is 0.393 e. The molecule has 0 aromatic carbocycles. The van der Waals surface area contributed by atoms with E-state index in [4.69, 9.17) is 5.73 Å². The third-order valence-corrected chi connectivity index (χ3v) is 3.02. The molecule has 2 rings (SSSR count). The molecule has 2 N–H and O–H groups in total. The Labute approximate surface area is 97.4 Å². The minimum absolute atomic E-state index is 0.00940. The molecule has 17 heavy (non-hydrogen) atoms. The fourth-order valence-electron chi connectivity index (χ4n) is 2.00. The first-order chi connectivity index (χ1) is 8.00. The van der Waals surface area contributed by atoms with E-state index in [-0.39, 0.29) is 13.0 Å². The van der Waals surface area contributed by atoms with Crippen molar-refractivity contribution in [2.45, 2.75) is 19.1 Å². The summed E-state index contributed by atoms with van der Waals surface area (Å²) in [6, 6.07) is 3.51. The maximum Gasteiger partial charge on any atom is 0.393 e. The van der Waals surface area contributed by atoms with Crippen LogP contribution >= 0.6 is 0 Å². The van der Waals surface area contributed by atoms with Crippen LogP contribution in [0.3, 0.4) is 0 Å². The summed E-state index contributed by atoms with van der Waals surface area (Å²) in [5.41, 5.74) is 6.37. The Bertz CT molecular complexity index is 392. The molecular weight excluding hydrogens is 231 g/mol. The Morgan fingerprint density at radius 1 is 1.47 bits per heavy atom. The number of hydrogen-bond donors (Lipinski definition) is 1. The second-order valence-corrected chi connectivity index (χ2v) is 4.20. The van der Waals surface area contributed by atoms with Gasteiger partial charge in [-0.25, -0.2) is 4.98 Å². The lowest BCUT2D eigenvalue weighted by molar-refractivity contribution is -0.168. The van der Waals surface area contributed by atoms with Crippen molar-refractivity contribution in [2.75, 3.05) is 18.0 Å². The highest BCUT2D eigenvalue weighted by Gasteiger charge is 2.43. The lowest BCUT2D eigenvalue weighted by Crippen LogP contribution is -2.27. The molecule has 1 fully saturated rings. The number of hydrogen-bond acceptors (Lipinski definition) is 3. The molecule has 0 radical (unpaired) electrons. The average molecular weight is 245 g/mol. The SMILES string of the molecule is NCc1ccnc(N2CCC(C(F)(F)F)C2)c1. The normalized spacial score (nSPS) is 20.9. The molecule has 1 unspecified atom stereocenters. The molecule has 0 bridgehead atoms. The number of nitrogens with two attached hydrogens (primary N) is 1. The van der Waals surface area contributed by atoms with E-state index in [2.05, 4.69) is 4.98 Å². The Hall–Kier alpha value is -1.30. The third kappa shape index (κ3) is 2.69. The predicted octanol–water partition coefficient (Wildman–Crippen LogP) is 1.93. The van der Waals surface area contributed by atoms with Gasteiger partial charge in [-0.1, -0.05) is 0 Å². The fourth-order valence-corrected chi connectivity index (χ4v) is 2.00. The lowest BCUT2D eigenvalue weighted by atomic mass is 10.1. The highest BCUT2D eigenvalue weighted by atomic mass is 19.4. The zero-order chi connectivity index (χ0) is 12.5. The molecule has 1 aromatic rings. The molecule has 94 valence electrons. The minimum atomic E-state index is -4.11. The van der Waals surface area contributed by atoms with Gasteiger partial charge >= 0.3 is 6.18 Å². The van der Waals surface area contributed by atoms with Crippen molar-refractivity contribution in [3.63, 3.8) is 0 Å². The van der Waals surface area contributed by atoms with Gasteiger partial charge in [0.25, 0.3) is 0 Å². The monoisotopic (exact) mass is 245 g/mol. The Morgan fingerprint density at radius 2 is 2.24 bits per heavy atom.